The number of rotatable bonds is 6. The first kappa shape index (κ1) is 18.9. The van der Waals surface area contributed by atoms with Crippen molar-refractivity contribution in [2.24, 2.45) is 5.41 Å². The Morgan fingerprint density at radius 2 is 2.08 bits per heavy atom. The average Bonchev–Trinajstić information content (AvgIpc) is 3.06. The molecular weight excluding hydrogens is 375 g/mol. The molecule has 1 amide bonds. The lowest BCUT2D eigenvalue weighted by atomic mass is 9.82. The molecule has 0 saturated carbocycles. The fourth-order valence-corrected chi connectivity index (χ4v) is 3.42. The molecule has 1 aromatic rings. The number of carbonyl (C=O) groups excluding carboxylic acids is 1. The lowest BCUT2D eigenvalue weighted by Gasteiger charge is -2.29. The minimum atomic E-state index is -0.384. The highest BCUT2D eigenvalue weighted by molar-refractivity contribution is 6.36. The van der Waals surface area contributed by atoms with Crippen molar-refractivity contribution in [1.29, 1.82) is 0 Å². The molecule has 7 heteroatoms. The first-order valence-electron chi connectivity index (χ1n) is 8.58. The summed E-state index contributed by atoms with van der Waals surface area (Å²) in [5.41, 5.74) is 0.478. The monoisotopic (exact) mass is 396 g/mol. The number of carbonyl (C=O) groups is 1. The van der Waals surface area contributed by atoms with Gasteiger partial charge in [0.25, 0.3) is 0 Å². The Morgan fingerprint density at radius 3 is 2.81 bits per heavy atom. The number of halogens is 2. The Morgan fingerprint density at radius 1 is 1.31 bits per heavy atom. The van der Waals surface area contributed by atoms with Crippen LogP contribution in [0.5, 0.6) is 0 Å². The molecule has 2 aliphatic rings. The minimum Gasteiger partial charge on any atom is -0.454 e. The average molecular weight is 397 g/mol. The molecule has 1 aromatic carbocycles. The zero-order chi connectivity index (χ0) is 18.7. The normalized spacial score (nSPS) is 22.3. The smallest absolute Gasteiger partial charge is 0.242 e. The number of hydrogen-bond acceptors (Lipinski definition) is 4. The summed E-state index contributed by atoms with van der Waals surface area (Å²) in [4.78, 5) is 12.6. The molecule has 3 rings (SSSR count). The van der Waals surface area contributed by atoms with Gasteiger partial charge in [0.15, 0.2) is 11.5 Å². The summed E-state index contributed by atoms with van der Waals surface area (Å²) in [7, 11) is 0. The van der Waals surface area contributed by atoms with Crippen molar-refractivity contribution in [3.05, 3.63) is 51.9 Å². The van der Waals surface area contributed by atoms with Gasteiger partial charge in [0, 0.05) is 17.0 Å². The SMILES string of the molecule is CCC(Nc1ccc(Cl)cc1Cl)C(=O)NCC1(C)C=C2OCOC2=CC1. The fourth-order valence-electron chi connectivity index (χ4n) is 2.95. The van der Waals surface area contributed by atoms with Gasteiger partial charge >= 0.3 is 0 Å². The van der Waals surface area contributed by atoms with Crippen LogP contribution in [0.4, 0.5) is 5.69 Å². The lowest BCUT2D eigenvalue weighted by molar-refractivity contribution is -0.122. The van der Waals surface area contributed by atoms with Crippen LogP contribution in [0.2, 0.25) is 10.0 Å². The van der Waals surface area contributed by atoms with Crippen LogP contribution < -0.4 is 10.6 Å². The van der Waals surface area contributed by atoms with Crippen molar-refractivity contribution in [1.82, 2.24) is 5.32 Å². The predicted octanol–water partition coefficient (Wildman–Crippen LogP) is 4.48. The third-order valence-electron chi connectivity index (χ3n) is 4.56. The first-order valence-corrected chi connectivity index (χ1v) is 9.34. The van der Waals surface area contributed by atoms with Crippen LogP contribution >= 0.6 is 23.2 Å². The zero-order valence-electron chi connectivity index (χ0n) is 14.8. The molecule has 1 saturated heterocycles. The summed E-state index contributed by atoms with van der Waals surface area (Å²) in [6, 6.07) is 4.78. The molecule has 1 aliphatic heterocycles. The Balaban J connectivity index is 1.60. The number of amides is 1. The molecular formula is C19H22Cl2N2O3. The number of fused-ring (bicyclic) bond motifs is 1. The molecule has 1 fully saturated rings. The Kier molecular flexibility index (Phi) is 5.68. The van der Waals surface area contributed by atoms with Crippen molar-refractivity contribution < 1.29 is 14.3 Å². The van der Waals surface area contributed by atoms with Crippen LogP contribution in [0.25, 0.3) is 0 Å². The van der Waals surface area contributed by atoms with E-state index in [-0.39, 0.29) is 24.2 Å². The van der Waals surface area contributed by atoms with Gasteiger partial charge in [0.2, 0.25) is 12.7 Å². The number of anilines is 1. The maximum absolute atomic E-state index is 12.6. The molecule has 0 aromatic heterocycles. The second kappa shape index (κ2) is 7.80. The molecule has 1 aliphatic carbocycles. The topological polar surface area (TPSA) is 59.6 Å². The Bertz CT molecular complexity index is 763. The van der Waals surface area contributed by atoms with Crippen molar-refractivity contribution >= 4 is 34.8 Å². The van der Waals surface area contributed by atoms with E-state index in [1.807, 2.05) is 19.1 Å². The van der Waals surface area contributed by atoms with Crippen LogP contribution in [-0.4, -0.2) is 25.3 Å². The molecule has 2 N–H and O–H groups in total. The largest absolute Gasteiger partial charge is 0.454 e. The summed E-state index contributed by atoms with van der Waals surface area (Å²) in [6.07, 6.45) is 5.45. The summed E-state index contributed by atoms with van der Waals surface area (Å²) in [5, 5.41) is 7.27. The van der Waals surface area contributed by atoms with Crippen LogP contribution in [0.3, 0.4) is 0 Å². The maximum Gasteiger partial charge on any atom is 0.242 e. The van der Waals surface area contributed by atoms with E-state index < -0.39 is 0 Å². The molecule has 5 nitrogen and oxygen atoms in total. The van der Waals surface area contributed by atoms with Gasteiger partial charge in [-0.2, -0.15) is 0 Å². The molecule has 0 radical (unpaired) electrons. The quantitative estimate of drug-likeness (QED) is 0.743. The van der Waals surface area contributed by atoms with Gasteiger partial charge in [-0.15, -0.1) is 0 Å². The standard InChI is InChI=1S/C19H22Cl2N2O3/c1-3-14(23-15-5-4-12(20)8-13(15)21)18(24)22-10-19(2)7-6-16-17(9-19)26-11-25-16/h4-6,8-9,14,23H,3,7,10-11H2,1-2H3,(H,22,24). The highest BCUT2D eigenvalue weighted by Crippen LogP contribution is 2.36. The maximum atomic E-state index is 12.6. The molecule has 140 valence electrons. The van der Waals surface area contributed by atoms with Gasteiger partial charge in [0.1, 0.15) is 6.04 Å². The highest BCUT2D eigenvalue weighted by atomic mass is 35.5. The number of allylic oxidation sites excluding steroid dienone is 1. The first-order chi connectivity index (χ1) is 12.4. The van der Waals surface area contributed by atoms with E-state index >= 15 is 0 Å². The third-order valence-corrected chi connectivity index (χ3v) is 5.10. The van der Waals surface area contributed by atoms with Crippen molar-refractivity contribution in [3.63, 3.8) is 0 Å². The predicted molar refractivity (Wildman–Crippen MR) is 103 cm³/mol. The van der Waals surface area contributed by atoms with Gasteiger partial charge < -0.3 is 20.1 Å². The van der Waals surface area contributed by atoms with Crippen LogP contribution in [-0.2, 0) is 14.3 Å². The third kappa shape index (κ3) is 4.27. The number of ether oxygens (including phenoxy) is 2. The van der Waals surface area contributed by atoms with Crippen LogP contribution in [0, 0.1) is 5.41 Å². The van der Waals surface area contributed by atoms with Gasteiger partial charge in [0.05, 0.1) is 10.7 Å². The molecule has 1 heterocycles. The van der Waals surface area contributed by atoms with E-state index in [0.29, 0.717) is 28.7 Å². The number of benzene rings is 1. The summed E-state index contributed by atoms with van der Waals surface area (Å²) in [6.45, 7) is 4.79. The highest BCUT2D eigenvalue weighted by Gasteiger charge is 2.31. The molecule has 2 atom stereocenters. The van der Waals surface area contributed by atoms with E-state index in [2.05, 4.69) is 17.6 Å². The minimum absolute atomic E-state index is 0.0727. The second-order valence-corrected chi connectivity index (χ2v) is 7.63. The van der Waals surface area contributed by atoms with Gasteiger partial charge in [-0.05, 0) is 43.2 Å². The molecule has 2 unspecified atom stereocenters. The van der Waals surface area contributed by atoms with Crippen molar-refractivity contribution in [3.8, 4) is 0 Å². The van der Waals surface area contributed by atoms with Crippen LogP contribution in [0.15, 0.2) is 41.9 Å². The van der Waals surface area contributed by atoms with Gasteiger partial charge in [-0.25, -0.2) is 0 Å². The number of nitrogens with one attached hydrogen (secondary N) is 2. The second-order valence-electron chi connectivity index (χ2n) is 6.79. The van der Waals surface area contributed by atoms with Gasteiger partial charge in [-0.3, -0.25) is 4.79 Å². The van der Waals surface area contributed by atoms with Gasteiger partial charge in [-0.1, -0.05) is 37.0 Å². The summed E-state index contributed by atoms with van der Waals surface area (Å²) < 4.78 is 10.8. The molecule has 0 bridgehead atoms. The summed E-state index contributed by atoms with van der Waals surface area (Å²) >= 11 is 12.1. The molecule has 26 heavy (non-hydrogen) atoms. The Hall–Kier alpha value is -1.85. The van der Waals surface area contributed by atoms with Crippen LogP contribution in [0.1, 0.15) is 26.7 Å². The van der Waals surface area contributed by atoms with E-state index in [1.165, 1.54) is 0 Å². The van der Waals surface area contributed by atoms with E-state index in [0.717, 1.165) is 17.9 Å². The van der Waals surface area contributed by atoms with Crippen molar-refractivity contribution in [2.75, 3.05) is 18.7 Å². The Labute approximate surface area is 163 Å². The van der Waals surface area contributed by atoms with E-state index in [9.17, 15) is 4.79 Å². The lowest BCUT2D eigenvalue weighted by Crippen LogP contribution is -2.43. The van der Waals surface area contributed by atoms with Crippen molar-refractivity contribution in [2.45, 2.75) is 32.7 Å². The fraction of sp³-hybridized carbons (Fsp3) is 0.421. The van der Waals surface area contributed by atoms with E-state index in [4.69, 9.17) is 32.7 Å². The zero-order valence-corrected chi connectivity index (χ0v) is 16.3. The number of hydrogen-bond donors (Lipinski definition) is 2. The molecule has 0 spiro atoms. The summed E-state index contributed by atoms with van der Waals surface area (Å²) in [5.74, 6) is 1.47. The van der Waals surface area contributed by atoms with E-state index in [1.54, 1.807) is 18.2 Å².